The Morgan fingerprint density at radius 2 is 1.79 bits per heavy atom. The van der Waals surface area contributed by atoms with E-state index < -0.39 is 9.84 Å². The van der Waals surface area contributed by atoms with Crippen molar-refractivity contribution in [3.8, 4) is 0 Å². The maximum Gasteiger partial charge on any atom is 0.234 e. The number of carbonyl (C=O) groups is 1. The topological polar surface area (TPSA) is 113 Å². The summed E-state index contributed by atoms with van der Waals surface area (Å²) in [5.41, 5.74) is 0. The van der Waals surface area contributed by atoms with E-state index in [1.54, 1.807) is 7.11 Å². The molecule has 1 rings (SSSR count). The lowest BCUT2D eigenvalue weighted by atomic mass is 10.3. The Hall–Kier alpha value is -0.700. The predicted octanol–water partition coefficient (Wildman–Crippen LogP) is -0.989. The molecule has 29 heavy (non-hydrogen) atoms. The van der Waals surface area contributed by atoms with E-state index in [-0.39, 0.29) is 42.2 Å². The van der Waals surface area contributed by atoms with Crippen LogP contribution in [0.2, 0.25) is 0 Å². The van der Waals surface area contributed by atoms with Gasteiger partial charge in [0.25, 0.3) is 0 Å². The minimum atomic E-state index is -2.99. The van der Waals surface area contributed by atoms with Gasteiger partial charge in [-0.3, -0.25) is 14.7 Å². The smallest absolute Gasteiger partial charge is 0.234 e. The molecule has 1 aliphatic rings. The third-order valence-electron chi connectivity index (χ3n) is 4.10. The lowest BCUT2D eigenvalue weighted by Crippen LogP contribution is -2.54. The molecule has 1 heterocycles. The van der Waals surface area contributed by atoms with Crippen LogP contribution in [0.15, 0.2) is 4.99 Å². The van der Waals surface area contributed by atoms with Gasteiger partial charge in [-0.05, 0) is 6.92 Å². The Labute approximate surface area is 191 Å². The lowest BCUT2D eigenvalue weighted by molar-refractivity contribution is -0.122. The summed E-state index contributed by atoms with van der Waals surface area (Å²) in [6, 6.07) is 0. The van der Waals surface area contributed by atoms with Crippen LogP contribution in [0.1, 0.15) is 6.92 Å². The highest BCUT2D eigenvalue weighted by Crippen LogP contribution is 2.02. The molecule has 0 aromatic carbocycles. The van der Waals surface area contributed by atoms with E-state index in [4.69, 9.17) is 9.47 Å². The van der Waals surface area contributed by atoms with Crippen molar-refractivity contribution in [1.29, 1.82) is 0 Å². The average molecular weight is 549 g/mol. The molecule has 0 aromatic heterocycles. The second-order valence-electron chi connectivity index (χ2n) is 6.58. The summed E-state index contributed by atoms with van der Waals surface area (Å²) in [5.74, 6) is 0.855. The van der Waals surface area contributed by atoms with Gasteiger partial charge < -0.3 is 25.0 Å². The van der Waals surface area contributed by atoms with Gasteiger partial charge in [-0.2, -0.15) is 0 Å². The standard InChI is InChI=1S/C17H35N5O5S.HI/c1-4-18-17(20-6-12-27-13-14-28(3,24)25)22-9-7-21(8-10-22)15-16(23)19-5-11-26-2;/h4-15H2,1-3H3,(H,18,20)(H,19,23);1H. The van der Waals surface area contributed by atoms with Gasteiger partial charge in [-0.1, -0.05) is 0 Å². The van der Waals surface area contributed by atoms with Gasteiger partial charge in [-0.15, -0.1) is 24.0 Å². The quantitative estimate of drug-likeness (QED) is 0.138. The summed E-state index contributed by atoms with van der Waals surface area (Å²) in [4.78, 5) is 20.7. The van der Waals surface area contributed by atoms with Crippen LogP contribution in [0.5, 0.6) is 0 Å². The van der Waals surface area contributed by atoms with Crippen molar-refractivity contribution >= 4 is 45.7 Å². The lowest BCUT2D eigenvalue weighted by Gasteiger charge is -2.36. The number of nitrogens with one attached hydrogen (secondary N) is 2. The number of piperazine rings is 1. The summed E-state index contributed by atoms with van der Waals surface area (Å²) in [5, 5.41) is 6.10. The van der Waals surface area contributed by atoms with Crippen molar-refractivity contribution < 1.29 is 22.7 Å². The third kappa shape index (κ3) is 14.0. The van der Waals surface area contributed by atoms with Gasteiger partial charge in [0.05, 0.1) is 38.7 Å². The molecular formula is C17H36IN5O5S. The number of halogens is 1. The number of aliphatic imine (C=N–C) groups is 1. The molecule has 1 saturated heterocycles. The second-order valence-corrected chi connectivity index (χ2v) is 8.84. The zero-order valence-electron chi connectivity index (χ0n) is 17.7. The van der Waals surface area contributed by atoms with Crippen molar-refractivity contribution in [1.82, 2.24) is 20.4 Å². The van der Waals surface area contributed by atoms with Crippen molar-refractivity contribution in [3.63, 3.8) is 0 Å². The highest BCUT2D eigenvalue weighted by molar-refractivity contribution is 14.0. The molecule has 0 unspecified atom stereocenters. The SMILES string of the molecule is CCNC(=NCCOCCS(C)(=O)=O)N1CCN(CC(=O)NCCOC)CC1.I. The molecule has 10 nitrogen and oxygen atoms in total. The number of guanidine groups is 1. The zero-order chi connectivity index (χ0) is 20.8. The van der Waals surface area contributed by atoms with Crippen LogP contribution in [0, 0.1) is 0 Å². The average Bonchev–Trinajstić information content (AvgIpc) is 2.63. The van der Waals surface area contributed by atoms with Gasteiger partial charge in [0.15, 0.2) is 5.96 Å². The molecule has 0 aromatic rings. The number of nitrogens with zero attached hydrogens (tertiary/aromatic N) is 3. The van der Waals surface area contributed by atoms with Crippen LogP contribution >= 0.6 is 24.0 Å². The fourth-order valence-electron chi connectivity index (χ4n) is 2.62. The van der Waals surface area contributed by atoms with Crippen LogP contribution in [-0.2, 0) is 24.1 Å². The first kappa shape index (κ1) is 28.3. The molecule has 1 aliphatic heterocycles. The second kappa shape index (κ2) is 16.1. The summed E-state index contributed by atoms with van der Waals surface area (Å²) in [6.45, 7) is 8.38. The van der Waals surface area contributed by atoms with Crippen molar-refractivity contribution in [2.75, 3.05) is 91.3 Å². The largest absolute Gasteiger partial charge is 0.383 e. The Bertz CT molecular complexity index is 583. The fourth-order valence-corrected chi connectivity index (χ4v) is 3.04. The highest BCUT2D eigenvalue weighted by Gasteiger charge is 2.21. The van der Waals surface area contributed by atoms with Crippen molar-refractivity contribution in [2.45, 2.75) is 6.92 Å². The van der Waals surface area contributed by atoms with E-state index in [1.807, 2.05) is 6.92 Å². The number of amides is 1. The van der Waals surface area contributed by atoms with Crippen molar-refractivity contribution in [3.05, 3.63) is 0 Å². The third-order valence-corrected chi connectivity index (χ3v) is 5.01. The summed E-state index contributed by atoms with van der Waals surface area (Å²) < 4.78 is 32.4. The van der Waals surface area contributed by atoms with E-state index in [9.17, 15) is 13.2 Å². The number of hydrogen-bond donors (Lipinski definition) is 2. The minimum absolute atomic E-state index is 0. The Morgan fingerprint density at radius 3 is 2.38 bits per heavy atom. The highest BCUT2D eigenvalue weighted by atomic mass is 127. The summed E-state index contributed by atoms with van der Waals surface area (Å²) in [7, 11) is -1.39. The van der Waals surface area contributed by atoms with Gasteiger partial charge in [0, 0.05) is 52.6 Å². The van der Waals surface area contributed by atoms with Crippen LogP contribution < -0.4 is 10.6 Å². The number of rotatable bonds is 12. The molecule has 12 heteroatoms. The fraction of sp³-hybridized carbons (Fsp3) is 0.882. The van der Waals surface area contributed by atoms with Gasteiger partial charge in [0.1, 0.15) is 9.84 Å². The molecule has 0 bridgehead atoms. The number of ether oxygens (including phenoxy) is 2. The van der Waals surface area contributed by atoms with Gasteiger partial charge in [-0.25, -0.2) is 8.42 Å². The number of sulfone groups is 1. The first-order chi connectivity index (χ1) is 13.4. The van der Waals surface area contributed by atoms with Gasteiger partial charge >= 0.3 is 0 Å². The van der Waals surface area contributed by atoms with Crippen LogP contribution in [0.3, 0.4) is 0 Å². The van der Waals surface area contributed by atoms with E-state index >= 15 is 0 Å². The monoisotopic (exact) mass is 549 g/mol. The molecule has 0 saturated carbocycles. The number of methoxy groups -OCH3 is 1. The number of hydrogen-bond acceptors (Lipinski definition) is 7. The first-order valence-corrected chi connectivity index (χ1v) is 11.7. The van der Waals surface area contributed by atoms with E-state index in [1.165, 1.54) is 6.26 Å². The molecule has 0 spiro atoms. The number of carbonyl (C=O) groups excluding carboxylic acids is 1. The molecule has 0 atom stereocenters. The van der Waals surface area contributed by atoms with Crippen LogP contribution in [-0.4, -0.2) is 121 Å². The first-order valence-electron chi connectivity index (χ1n) is 9.62. The Morgan fingerprint density at radius 1 is 1.10 bits per heavy atom. The molecule has 0 aliphatic carbocycles. The molecular weight excluding hydrogens is 513 g/mol. The van der Waals surface area contributed by atoms with Crippen LogP contribution in [0.4, 0.5) is 0 Å². The molecule has 172 valence electrons. The Balaban J connectivity index is 0.00000784. The van der Waals surface area contributed by atoms with Crippen LogP contribution in [0.25, 0.3) is 0 Å². The Kier molecular flexibility index (Phi) is 15.7. The minimum Gasteiger partial charge on any atom is -0.383 e. The molecule has 2 N–H and O–H groups in total. The molecule has 1 amide bonds. The van der Waals surface area contributed by atoms with E-state index in [2.05, 4.69) is 25.4 Å². The van der Waals surface area contributed by atoms with Gasteiger partial charge in [0.2, 0.25) is 5.91 Å². The predicted molar refractivity (Wildman–Crippen MR) is 125 cm³/mol. The maximum absolute atomic E-state index is 11.9. The maximum atomic E-state index is 11.9. The zero-order valence-corrected chi connectivity index (χ0v) is 20.8. The van der Waals surface area contributed by atoms with E-state index in [0.717, 1.165) is 38.7 Å². The molecule has 0 radical (unpaired) electrons. The molecule has 1 fully saturated rings. The normalized spacial score (nSPS) is 15.7. The summed E-state index contributed by atoms with van der Waals surface area (Å²) >= 11 is 0. The van der Waals surface area contributed by atoms with Crippen molar-refractivity contribution in [2.24, 2.45) is 4.99 Å². The van der Waals surface area contributed by atoms with E-state index in [0.29, 0.717) is 32.8 Å². The summed E-state index contributed by atoms with van der Waals surface area (Å²) in [6.07, 6.45) is 1.20.